The number of benzene rings is 1. The van der Waals surface area contributed by atoms with Crippen molar-refractivity contribution in [1.29, 1.82) is 0 Å². The maximum atomic E-state index is 11.7. The third kappa shape index (κ3) is 2.66. The first-order valence-corrected chi connectivity index (χ1v) is 7.27. The Hall–Kier alpha value is -1.35. The van der Waals surface area contributed by atoms with Crippen LogP contribution in [-0.2, 0) is 10.0 Å². The molecule has 0 spiro atoms. The Balaban J connectivity index is 2.30. The molecule has 0 radical (unpaired) electrons. The van der Waals surface area contributed by atoms with Crippen LogP contribution in [0, 0.1) is 0 Å². The van der Waals surface area contributed by atoms with Gasteiger partial charge < -0.3 is 20.8 Å². The molecule has 0 amide bonds. The zero-order valence-electron chi connectivity index (χ0n) is 10.4. The third-order valence-corrected chi connectivity index (χ3v) is 4.66. The molecule has 2 unspecified atom stereocenters. The van der Waals surface area contributed by atoms with Gasteiger partial charge in [-0.2, -0.15) is 0 Å². The Morgan fingerprint density at radius 3 is 2.37 bits per heavy atom. The molecule has 7 nitrogen and oxygen atoms in total. The van der Waals surface area contributed by atoms with Gasteiger partial charge in [-0.3, -0.25) is 0 Å². The van der Waals surface area contributed by atoms with Crippen molar-refractivity contribution in [2.24, 2.45) is 0 Å². The molecular weight excluding hydrogens is 270 g/mol. The lowest BCUT2D eigenvalue weighted by Gasteiger charge is -2.19. The second kappa shape index (κ2) is 4.97. The van der Waals surface area contributed by atoms with E-state index >= 15 is 0 Å². The van der Waals surface area contributed by atoms with Crippen LogP contribution < -0.4 is 15.4 Å². The summed E-state index contributed by atoms with van der Waals surface area (Å²) in [6.45, 7) is 0.581. The summed E-state index contributed by atoms with van der Waals surface area (Å²) in [6.07, 6.45) is -1.61. The van der Waals surface area contributed by atoms with E-state index in [4.69, 9.17) is 5.73 Å². The standard InChI is InChI=1S/C11H17N3O4S/c1-13-19(17,18)11-3-2-7(4-8(11)12)14-5-9(15)10(16)6-14/h2-4,9-10,13,15-16H,5-6,12H2,1H3. The van der Waals surface area contributed by atoms with Gasteiger partial charge in [0, 0.05) is 18.8 Å². The normalized spacial score (nSPS) is 23.8. The predicted octanol–water partition coefficient (Wildman–Crippen LogP) is -1.28. The first-order valence-electron chi connectivity index (χ1n) is 5.79. The smallest absolute Gasteiger partial charge is 0.242 e. The van der Waals surface area contributed by atoms with Crippen molar-refractivity contribution in [3.8, 4) is 0 Å². The summed E-state index contributed by atoms with van der Waals surface area (Å²) >= 11 is 0. The highest BCUT2D eigenvalue weighted by molar-refractivity contribution is 7.89. The van der Waals surface area contributed by atoms with E-state index in [-0.39, 0.29) is 10.6 Å². The van der Waals surface area contributed by atoms with Crippen molar-refractivity contribution in [2.75, 3.05) is 30.8 Å². The molecule has 5 N–H and O–H groups in total. The highest BCUT2D eigenvalue weighted by Gasteiger charge is 2.30. The Kier molecular flexibility index (Phi) is 3.68. The van der Waals surface area contributed by atoms with E-state index in [1.54, 1.807) is 11.0 Å². The Morgan fingerprint density at radius 1 is 1.32 bits per heavy atom. The minimum absolute atomic E-state index is 0.0130. The molecule has 1 aromatic rings. The molecule has 106 valence electrons. The second-order valence-electron chi connectivity index (χ2n) is 4.47. The minimum atomic E-state index is -3.58. The quantitative estimate of drug-likeness (QED) is 0.515. The van der Waals surface area contributed by atoms with Gasteiger partial charge in [0.15, 0.2) is 0 Å². The van der Waals surface area contributed by atoms with Crippen molar-refractivity contribution < 1.29 is 18.6 Å². The maximum Gasteiger partial charge on any atom is 0.242 e. The van der Waals surface area contributed by atoms with Gasteiger partial charge in [-0.05, 0) is 25.2 Å². The SMILES string of the molecule is CNS(=O)(=O)c1ccc(N2CC(O)C(O)C2)cc1N. The first kappa shape index (κ1) is 14.1. The van der Waals surface area contributed by atoms with E-state index in [1.165, 1.54) is 19.2 Å². The van der Waals surface area contributed by atoms with E-state index in [1.807, 2.05) is 0 Å². The molecule has 0 aromatic heterocycles. The molecule has 1 aliphatic rings. The predicted molar refractivity (Wildman–Crippen MR) is 71.3 cm³/mol. The lowest BCUT2D eigenvalue weighted by molar-refractivity contribution is 0.0572. The molecule has 8 heteroatoms. The molecule has 2 rings (SSSR count). The Morgan fingerprint density at radius 2 is 1.89 bits per heavy atom. The number of anilines is 2. The van der Waals surface area contributed by atoms with Gasteiger partial charge in [-0.15, -0.1) is 0 Å². The number of hydrogen-bond acceptors (Lipinski definition) is 6. The highest BCUT2D eigenvalue weighted by atomic mass is 32.2. The summed E-state index contributed by atoms with van der Waals surface area (Å²) in [5.74, 6) is 0. The van der Waals surface area contributed by atoms with Gasteiger partial charge in [0.05, 0.1) is 17.9 Å². The van der Waals surface area contributed by atoms with Gasteiger partial charge in [0.1, 0.15) is 4.90 Å². The van der Waals surface area contributed by atoms with Crippen LogP contribution >= 0.6 is 0 Å². The summed E-state index contributed by atoms with van der Waals surface area (Å²) in [7, 11) is -2.27. The Labute approximate surface area is 111 Å². The molecule has 1 saturated heterocycles. The molecule has 1 heterocycles. The number of rotatable bonds is 3. The van der Waals surface area contributed by atoms with Crippen LogP contribution in [0.5, 0.6) is 0 Å². The van der Waals surface area contributed by atoms with Crippen molar-refractivity contribution in [1.82, 2.24) is 4.72 Å². The van der Waals surface area contributed by atoms with Crippen molar-refractivity contribution >= 4 is 21.4 Å². The molecule has 1 aliphatic heterocycles. The topological polar surface area (TPSA) is 116 Å². The van der Waals surface area contributed by atoms with E-state index in [2.05, 4.69) is 4.72 Å². The molecule has 1 fully saturated rings. The average molecular weight is 287 g/mol. The zero-order valence-corrected chi connectivity index (χ0v) is 11.3. The third-order valence-electron chi connectivity index (χ3n) is 3.18. The van der Waals surface area contributed by atoms with Gasteiger partial charge >= 0.3 is 0 Å². The second-order valence-corrected chi connectivity index (χ2v) is 6.32. The number of aliphatic hydroxyl groups is 2. The average Bonchev–Trinajstić information content (AvgIpc) is 2.69. The lowest BCUT2D eigenvalue weighted by atomic mass is 10.2. The number of sulfonamides is 1. The van der Waals surface area contributed by atoms with Gasteiger partial charge in [-0.1, -0.05) is 0 Å². The fourth-order valence-electron chi connectivity index (χ4n) is 2.07. The van der Waals surface area contributed by atoms with Gasteiger partial charge in [0.2, 0.25) is 10.0 Å². The number of nitrogen functional groups attached to an aromatic ring is 1. The van der Waals surface area contributed by atoms with Crippen LogP contribution in [0.2, 0.25) is 0 Å². The molecule has 0 bridgehead atoms. The molecule has 2 atom stereocenters. The summed E-state index contributed by atoms with van der Waals surface area (Å²) in [6, 6.07) is 4.54. The zero-order chi connectivity index (χ0) is 14.2. The number of nitrogens with zero attached hydrogens (tertiary/aromatic N) is 1. The highest BCUT2D eigenvalue weighted by Crippen LogP contribution is 2.27. The number of β-amino-alcohol motifs (C(OH)–C–C–N with tert-alkyl or cyclic N) is 2. The monoisotopic (exact) mass is 287 g/mol. The Bertz CT molecular complexity index is 565. The van der Waals surface area contributed by atoms with Gasteiger partial charge in [0.25, 0.3) is 0 Å². The lowest BCUT2D eigenvalue weighted by Crippen LogP contribution is -2.23. The maximum absolute atomic E-state index is 11.7. The summed E-state index contributed by atoms with van der Waals surface area (Å²) in [5, 5.41) is 19.0. The minimum Gasteiger partial charge on any atom is -0.398 e. The van der Waals surface area contributed by atoms with Crippen molar-refractivity contribution in [3.05, 3.63) is 18.2 Å². The van der Waals surface area contributed by atoms with Crippen LogP contribution in [0.25, 0.3) is 0 Å². The fourth-order valence-corrected chi connectivity index (χ4v) is 2.90. The van der Waals surface area contributed by atoms with Crippen LogP contribution in [0.3, 0.4) is 0 Å². The van der Waals surface area contributed by atoms with Gasteiger partial charge in [-0.25, -0.2) is 13.1 Å². The number of hydrogen-bond donors (Lipinski definition) is 4. The van der Waals surface area contributed by atoms with Crippen LogP contribution in [0.4, 0.5) is 11.4 Å². The summed E-state index contributed by atoms with van der Waals surface area (Å²) < 4.78 is 25.5. The largest absolute Gasteiger partial charge is 0.398 e. The van der Waals surface area contributed by atoms with E-state index in [0.717, 1.165) is 0 Å². The van der Waals surface area contributed by atoms with Crippen LogP contribution in [-0.4, -0.2) is 51.0 Å². The molecule has 1 aromatic carbocycles. The van der Waals surface area contributed by atoms with Crippen molar-refractivity contribution in [2.45, 2.75) is 17.1 Å². The summed E-state index contributed by atoms with van der Waals surface area (Å²) in [4.78, 5) is 1.76. The van der Waals surface area contributed by atoms with Crippen LogP contribution in [0.15, 0.2) is 23.1 Å². The molecular formula is C11H17N3O4S. The van der Waals surface area contributed by atoms with Crippen LogP contribution in [0.1, 0.15) is 0 Å². The van der Waals surface area contributed by atoms with E-state index < -0.39 is 22.2 Å². The number of nitrogens with two attached hydrogens (primary N) is 1. The van der Waals surface area contributed by atoms with Crippen molar-refractivity contribution in [3.63, 3.8) is 0 Å². The summed E-state index contributed by atoms with van der Waals surface area (Å²) in [5.41, 5.74) is 6.55. The number of aliphatic hydroxyl groups excluding tert-OH is 2. The number of nitrogens with one attached hydrogen (secondary N) is 1. The molecule has 0 saturated carbocycles. The van der Waals surface area contributed by atoms with E-state index in [0.29, 0.717) is 18.8 Å². The van der Waals surface area contributed by atoms with E-state index in [9.17, 15) is 18.6 Å². The molecule has 0 aliphatic carbocycles. The fraction of sp³-hybridized carbons (Fsp3) is 0.455. The first-order chi connectivity index (χ1) is 8.85. The molecule has 19 heavy (non-hydrogen) atoms.